The smallest absolute Gasteiger partial charge is 0.231 e. The summed E-state index contributed by atoms with van der Waals surface area (Å²) in [6, 6.07) is 11.9. The van der Waals surface area contributed by atoms with Crippen molar-refractivity contribution in [3.8, 4) is 22.6 Å². The number of nitrogens with zero attached hydrogens (tertiary/aromatic N) is 3. The largest absolute Gasteiger partial charge is 0.454 e. The standard InChI is InChI=1S/C20H16N4O2S/c1-12-17(13-5-6-15-16(8-13)26-11-25-15)18-19(23-10-24-20(18)27-12)22-9-14-4-2-3-7-21-14/h2-8,10H,9,11H2,1H3,(H,22,23,24). The maximum Gasteiger partial charge on any atom is 0.231 e. The Kier molecular flexibility index (Phi) is 3.86. The molecule has 3 aromatic heterocycles. The number of fused-ring (bicyclic) bond motifs is 2. The third kappa shape index (κ3) is 2.86. The fourth-order valence-electron chi connectivity index (χ4n) is 3.25. The molecule has 134 valence electrons. The van der Waals surface area contributed by atoms with E-state index in [1.807, 2.05) is 30.3 Å². The van der Waals surface area contributed by atoms with Crippen LogP contribution in [0.5, 0.6) is 11.5 Å². The molecule has 0 spiro atoms. The number of hydrogen-bond donors (Lipinski definition) is 1. The van der Waals surface area contributed by atoms with E-state index in [2.05, 4.69) is 33.3 Å². The zero-order valence-electron chi connectivity index (χ0n) is 14.6. The van der Waals surface area contributed by atoms with Crippen molar-refractivity contribution < 1.29 is 9.47 Å². The molecule has 1 N–H and O–H groups in total. The van der Waals surface area contributed by atoms with E-state index in [4.69, 9.17) is 9.47 Å². The van der Waals surface area contributed by atoms with Crippen molar-refractivity contribution in [1.29, 1.82) is 0 Å². The second-order valence-corrected chi connectivity index (χ2v) is 7.38. The Hall–Kier alpha value is -3.19. The number of hydrogen-bond acceptors (Lipinski definition) is 7. The summed E-state index contributed by atoms with van der Waals surface area (Å²) in [5.74, 6) is 2.36. The average Bonchev–Trinajstić information content (AvgIpc) is 3.30. The summed E-state index contributed by atoms with van der Waals surface area (Å²) in [5, 5.41) is 4.44. The maximum absolute atomic E-state index is 5.55. The summed E-state index contributed by atoms with van der Waals surface area (Å²) < 4.78 is 11.0. The molecule has 1 aromatic carbocycles. The lowest BCUT2D eigenvalue weighted by molar-refractivity contribution is 0.174. The van der Waals surface area contributed by atoms with E-state index >= 15 is 0 Å². The van der Waals surface area contributed by atoms with Crippen LogP contribution in [-0.2, 0) is 6.54 Å². The molecule has 6 nitrogen and oxygen atoms in total. The highest BCUT2D eigenvalue weighted by Crippen LogP contribution is 2.43. The molecule has 0 atom stereocenters. The molecular weight excluding hydrogens is 360 g/mol. The van der Waals surface area contributed by atoms with Gasteiger partial charge in [-0.25, -0.2) is 9.97 Å². The predicted molar refractivity (Wildman–Crippen MR) is 105 cm³/mol. The molecule has 0 radical (unpaired) electrons. The average molecular weight is 376 g/mol. The Labute approximate surface area is 159 Å². The summed E-state index contributed by atoms with van der Waals surface area (Å²) in [5.41, 5.74) is 3.15. The van der Waals surface area contributed by atoms with Gasteiger partial charge < -0.3 is 14.8 Å². The van der Waals surface area contributed by atoms with Crippen molar-refractivity contribution >= 4 is 27.4 Å². The van der Waals surface area contributed by atoms with Crippen molar-refractivity contribution in [2.45, 2.75) is 13.5 Å². The molecule has 27 heavy (non-hydrogen) atoms. The lowest BCUT2D eigenvalue weighted by Gasteiger charge is -2.09. The van der Waals surface area contributed by atoms with Crippen molar-refractivity contribution in [3.63, 3.8) is 0 Å². The topological polar surface area (TPSA) is 69.2 Å². The summed E-state index contributed by atoms with van der Waals surface area (Å²) in [6.45, 7) is 2.97. The Morgan fingerprint density at radius 1 is 1.07 bits per heavy atom. The molecule has 0 bridgehead atoms. The number of ether oxygens (including phenoxy) is 2. The molecule has 1 aliphatic heterocycles. The molecular formula is C20H16N4O2S. The molecule has 0 saturated carbocycles. The molecule has 1 aliphatic rings. The highest BCUT2D eigenvalue weighted by molar-refractivity contribution is 7.19. The second kappa shape index (κ2) is 6.51. The van der Waals surface area contributed by atoms with E-state index in [0.717, 1.165) is 44.4 Å². The van der Waals surface area contributed by atoms with E-state index in [0.29, 0.717) is 6.54 Å². The number of nitrogens with one attached hydrogen (secondary N) is 1. The molecule has 4 aromatic rings. The first-order chi connectivity index (χ1) is 13.3. The molecule has 7 heteroatoms. The van der Waals surface area contributed by atoms with Crippen LogP contribution in [0.1, 0.15) is 10.6 Å². The normalized spacial score (nSPS) is 12.5. The zero-order valence-corrected chi connectivity index (χ0v) is 15.4. The minimum atomic E-state index is 0.266. The summed E-state index contributed by atoms with van der Waals surface area (Å²) in [4.78, 5) is 15.5. The van der Waals surface area contributed by atoms with Gasteiger partial charge in [0.25, 0.3) is 0 Å². The minimum Gasteiger partial charge on any atom is -0.454 e. The van der Waals surface area contributed by atoms with Gasteiger partial charge in [-0.05, 0) is 36.8 Å². The Balaban J connectivity index is 1.59. The number of aromatic nitrogens is 3. The first-order valence-electron chi connectivity index (χ1n) is 8.57. The van der Waals surface area contributed by atoms with Crippen LogP contribution in [0.2, 0.25) is 0 Å². The van der Waals surface area contributed by atoms with Gasteiger partial charge in [0, 0.05) is 16.6 Å². The number of pyridine rings is 1. The maximum atomic E-state index is 5.55. The zero-order chi connectivity index (χ0) is 18.2. The number of anilines is 1. The van der Waals surface area contributed by atoms with Gasteiger partial charge in [0.2, 0.25) is 6.79 Å². The van der Waals surface area contributed by atoms with Crippen LogP contribution < -0.4 is 14.8 Å². The van der Waals surface area contributed by atoms with E-state index in [9.17, 15) is 0 Å². The molecule has 4 heterocycles. The molecule has 0 fully saturated rings. The van der Waals surface area contributed by atoms with Gasteiger partial charge in [-0.1, -0.05) is 12.1 Å². The van der Waals surface area contributed by atoms with Crippen LogP contribution in [0.3, 0.4) is 0 Å². The highest BCUT2D eigenvalue weighted by Gasteiger charge is 2.20. The van der Waals surface area contributed by atoms with E-state index in [1.54, 1.807) is 23.9 Å². The first-order valence-corrected chi connectivity index (χ1v) is 9.39. The van der Waals surface area contributed by atoms with Gasteiger partial charge in [0.1, 0.15) is 17.0 Å². The van der Waals surface area contributed by atoms with Crippen LogP contribution in [0.4, 0.5) is 5.82 Å². The van der Waals surface area contributed by atoms with Crippen molar-refractivity contribution in [1.82, 2.24) is 15.0 Å². The number of rotatable bonds is 4. The van der Waals surface area contributed by atoms with Crippen LogP contribution in [0.25, 0.3) is 21.3 Å². The van der Waals surface area contributed by atoms with Crippen molar-refractivity contribution in [2.24, 2.45) is 0 Å². The predicted octanol–water partition coefficient (Wildman–Crippen LogP) is 4.40. The monoisotopic (exact) mass is 376 g/mol. The summed E-state index contributed by atoms with van der Waals surface area (Å²) in [7, 11) is 0. The Morgan fingerprint density at radius 3 is 2.89 bits per heavy atom. The SMILES string of the molecule is Cc1sc2ncnc(NCc3ccccn3)c2c1-c1ccc2c(c1)OCO2. The quantitative estimate of drug-likeness (QED) is 0.569. The van der Waals surface area contributed by atoms with Crippen molar-refractivity contribution in [3.05, 3.63) is 59.5 Å². The van der Waals surface area contributed by atoms with Crippen molar-refractivity contribution in [2.75, 3.05) is 12.1 Å². The third-order valence-corrected chi connectivity index (χ3v) is 5.50. The molecule has 0 unspecified atom stereocenters. The van der Waals surface area contributed by atoms with Crippen LogP contribution in [0, 0.1) is 6.92 Å². The summed E-state index contributed by atoms with van der Waals surface area (Å²) >= 11 is 1.66. The molecule has 0 saturated heterocycles. The number of thiophene rings is 1. The van der Waals surface area contributed by atoms with E-state index in [-0.39, 0.29) is 6.79 Å². The number of benzene rings is 1. The fourth-order valence-corrected chi connectivity index (χ4v) is 4.27. The van der Waals surface area contributed by atoms with Crippen LogP contribution in [0.15, 0.2) is 48.9 Å². The molecule has 0 amide bonds. The minimum absolute atomic E-state index is 0.266. The van der Waals surface area contributed by atoms with E-state index in [1.165, 1.54) is 4.88 Å². The van der Waals surface area contributed by atoms with Gasteiger partial charge in [-0.3, -0.25) is 4.98 Å². The van der Waals surface area contributed by atoms with E-state index < -0.39 is 0 Å². The highest BCUT2D eigenvalue weighted by atomic mass is 32.1. The van der Waals surface area contributed by atoms with Gasteiger partial charge in [-0.2, -0.15) is 0 Å². The van der Waals surface area contributed by atoms with Crippen LogP contribution >= 0.6 is 11.3 Å². The number of aryl methyl sites for hydroxylation is 1. The van der Waals surface area contributed by atoms with Gasteiger partial charge in [0.05, 0.1) is 17.6 Å². The molecule has 5 rings (SSSR count). The summed E-state index contributed by atoms with van der Waals surface area (Å²) in [6.07, 6.45) is 3.39. The first kappa shape index (κ1) is 16.0. The lowest BCUT2D eigenvalue weighted by Crippen LogP contribution is -2.03. The lowest BCUT2D eigenvalue weighted by atomic mass is 10.0. The second-order valence-electron chi connectivity index (χ2n) is 6.18. The fraction of sp³-hybridized carbons (Fsp3) is 0.150. The van der Waals surface area contributed by atoms with Gasteiger partial charge >= 0.3 is 0 Å². The Morgan fingerprint density at radius 2 is 2.00 bits per heavy atom. The van der Waals surface area contributed by atoms with Crippen LogP contribution in [-0.4, -0.2) is 21.7 Å². The van der Waals surface area contributed by atoms with Gasteiger partial charge in [0.15, 0.2) is 11.5 Å². The molecule has 0 aliphatic carbocycles. The van der Waals surface area contributed by atoms with Gasteiger partial charge in [-0.15, -0.1) is 11.3 Å². The third-order valence-electron chi connectivity index (χ3n) is 4.49. The Bertz CT molecular complexity index is 1130.